The predicted octanol–water partition coefficient (Wildman–Crippen LogP) is 2.86. The maximum Gasteiger partial charge on any atom is 0.407 e. The van der Waals surface area contributed by atoms with Crippen LogP contribution >= 0.6 is 0 Å². The number of ether oxygens (including phenoxy) is 2. The Morgan fingerprint density at radius 1 is 1.15 bits per heavy atom. The second kappa shape index (κ2) is 11.5. The van der Waals surface area contributed by atoms with Crippen molar-refractivity contribution in [1.29, 1.82) is 0 Å². The Balaban J connectivity index is 2.01. The number of nitrogens with one attached hydrogen (secondary N) is 1. The van der Waals surface area contributed by atoms with E-state index in [-0.39, 0.29) is 12.1 Å². The molecule has 0 saturated heterocycles. The number of hydrogen-bond donors (Lipinski definition) is 1. The van der Waals surface area contributed by atoms with Gasteiger partial charge in [0.05, 0.1) is 25.8 Å². The molecule has 0 bridgehead atoms. The van der Waals surface area contributed by atoms with Gasteiger partial charge in [0.25, 0.3) is 0 Å². The van der Waals surface area contributed by atoms with Gasteiger partial charge in [-0.15, -0.1) is 5.10 Å². The Labute approximate surface area is 155 Å². The summed E-state index contributed by atoms with van der Waals surface area (Å²) in [4.78, 5) is 22.6. The van der Waals surface area contributed by atoms with E-state index in [1.807, 2.05) is 27.0 Å². The standard InChI is InChI=1S/C18H32N4O4/c1-18(2,3)26-17(24)19-12-9-7-5-6-8-10-15-14-22(21-20-15)13-11-16(23)25-4/h14H,5-13H2,1-4H3,(H,19,24). The summed E-state index contributed by atoms with van der Waals surface area (Å²) in [6.07, 6.45) is 8.01. The zero-order valence-electron chi connectivity index (χ0n) is 16.4. The van der Waals surface area contributed by atoms with Crippen LogP contribution in [0.4, 0.5) is 4.79 Å². The molecule has 0 fully saturated rings. The number of aryl methyl sites for hydroxylation is 2. The van der Waals surface area contributed by atoms with E-state index >= 15 is 0 Å². The molecule has 0 aliphatic heterocycles. The normalized spacial score (nSPS) is 11.2. The second-order valence-electron chi connectivity index (χ2n) is 7.25. The molecule has 0 saturated carbocycles. The van der Waals surface area contributed by atoms with Crippen LogP contribution in [0, 0.1) is 0 Å². The zero-order valence-corrected chi connectivity index (χ0v) is 16.4. The lowest BCUT2D eigenvalue weighted by Crippen LogP contribution is -2.32. The number of methoxy groups -OCH3 is 1. The summed E-state index contributed by atoms with van der Waals surface area (Å²) in [5, 5.41) is 10.9. The van der Waals surface area contributed by atoms with Crippen molar-refractivity contribution in [3.8, 4) is 0 Å². The molecule has 0 radical (unpaired) electrons. The SMILES string of the molecule is COC(=O)CCn1cc(CCCCCCCNC(=O)OC(C)(C)C)nn1. The van der Waals surface area contributed by atoms with Crippen molar-refractivity contribution in [3.05, 3.63) is 11.9 Å². The van der Waals surface area contributed by atoms with Crippen molar-refractivity contribution in [2.75, 3.05) is 13.7 Å². The number of hydrogen-bond acceptors (Lipinski definition) is 6. The van der Waals surface area contributed by atoms with Gasteiger partial charge < -0.3 is 14.8 Å². The quantitative estimate of drug-likeness (QED) is 0.477. The molecule has 8 heteroatoms. The van der Waals surface area contributed by atoms with E-state index in [9.17, 15) is 9.59 Å². The van der Waals surface area contributed by atoms with Gasteiger partial charge in [0.2, 0.25) is 0 Å². The molecule has 0 aliphatic rings. The monoisotopic (exact) mass is 368 g/mol. The fourth-order valence-corrected chi connectivity index (χ4v) is 2.34. The largest absolute Gasteiger partial charge is 0.469 e. The van der Waals surface area contributed by atoms with E-state index < -0.39 is 5.60 Å². The van der Waals surface area contributed by atoms with Crippen LogP contribution in [0.2, 0.25) is 0 Å². The van der Waals surface area contributed by atoms with Crippen molar-refractivity contribution in [2.45, 2.75) is 77.9 Å². The summed E-state index contributed by atoms with van der Waals surface area (Å²) in [6, 6.07) is 0. The van der Waals surface area contributed by atoms with E-state index in [1.165, 1.54) is 7.11 Å². The van der Waals surface area contributed by atoms with Gasteiger partial charge >= 0.3 is 12.1 Å². The number of carbonyl (C=O) groups excluding carboxylic acids is 2. The molecule has 1 aromatic heterocycles. The number of carbonyl (C=O) groups is 2. The third-order valence-electron chi connectivity index (χ3n) is 3.64. The minimum atomic E-state index is -0.453. The fourth-order valence-electron chi connectivity index (χ4n) is 2.34. The molecule has 8 nitrogen and oxygen atoms in total. The van der Waals surface area contributed by atoms with Crippen molar-refractivity contribution in [3.63, 3.8) is 0 Å². The van der Waals surface area contributed by atoms with Crippen LogP contribution in [0.5, 0.6) is 0 Å². The van der Waals surface area contributed by atoms with Crippen molar-refractivity contribution in [2.24, 2.45) is 0 Å². The highest BCUT2D eigenvalue weighted by Crippen LogP contribution is 2.08. The van der Waals surface area contributed by atoms with Gasteiger partial charge in [-0.1, -0.05) is 24.5 Å². The molecular formula is C18H32N4O4. The Morgan fingerprint density at radius 3 is 2.54 bits per heavy atom. The highest BCUT2D eigenvalue weighted by molar-refractivity contribution is 5.69. The second-order valence-corrected chi connectivity index (χ2v) is 7.25. The molecule has 0 aromatic carbocycles. The zero-order chi connectivity index (χ0) is 19.4. The Bertz CT molecular complexity index is 552. The summed E-state index contributed by atoms with van der Waals surface area (Å²) in [5.41, 5.74) is 0.493. The van der Waals surface area contributed by atoms with Gasteiger partial charge in [-0.2, -0.15) is 0 Å². The van der Waals surface area contributed by atoms with Crippen LogP contribution in [0.1, 0.15) is 65.0 Å². The third-order valence-corrected chi connectivity index (χ3v) is 3.64. The van der Waals surface area contributed by atoms with E-state index in [0.717, 1.165) is 44.2 Å². The molecule has 148 valence electrons. The minimum Gasteiger partial charge on any atom is -0.469 e. The average molecular weight is 368 g/mol. The minimum absolute atomic E-state index is 0.247. The summed E-state index contributed by atoms with van der Waals surface area (Å²) in [7, 11) is 1.38. The van der Waals surface area contributed by atoms with Gasteiger partial charge in [-0.3, -0.25) is 9.48 Å². The number of rotatable bonds is 11. The number of esters is 1. The maximum atomic E-state index is 11.5. The van der Waals surface area contributed by atoms with Crippen molar-refractivity contribution >= 4 is 12.1 Å². The lowest BCUT2D eigenvalue weighted by Gasteiger charge is -2.19. The average Bonchev–Trinajstić information content (AvgIpc) is 3.01. The smallest absolute Gasteiger partial charge is 0.407 e. The van der Waals surface area contributed by atoms with Gasteiger partial charge in [0, 0.05) is 12.7 Å². The molecule has 0 unspecified atom stereocenters. The lowest BCUT2D eigenvalue weighted by molar-refractivity contribution is -0.140. The van der Waals surface area contributed by atoms with Crippen LogP contribution in [0.15, 0.2) is 6.20 Å². The van der Waals surface area contributed by atoms with Crippen LogP contribution in [-0.2, 0) is 27.2 Å². The maximum absolute atomic E-state index is 11.5. The molecule has 1 amide bonds. The molecule has 1 aromatic rings. The molecule has 0 aliphatic carbocycles. The van der Waals surface area contributed by atoms with E-state index in [0.29, 0.717) is 19.5 Å². The molecule has 1 rings (SSSR count). The van der Waals surface area contributed by atoms with E-state index in [2.05, 4.69) is 20.4 Å². The summed E-state index contributed by atoms with van der Waals surface area (Å²) in [5.74, 6) is -0.247. The Hall–Kier alpha value is -2.12. The molecule has 26 heavy (non-hydrogen) atoms. The van der Waals surface area contributed by atoms with Gasteiger partial charge in [0.1, 0.15) is 5.60 Å². The van der Waals surface area contributed by atoms with Crippen LogP contribution in [0.25, 0.3) is 0 Å². The first-order valence-corrected chi connectivity index (χ1v) is 9.23. The van der Waals surface area contributed by atoms with Crippen molar-refractivity contribution < 1.29 is 19.1 Å². The third kappa shape index (κ3) is 10.7. The summed E-state index contributed by atoms with van der Waals surface area (Å²) in [6.45, 7) is 6.69. The Morgan fingerprint density at radius 2 is 1.85 bits per heavy atom. The topological polar surface area (TPSA) is 95.3 Å². The number of unbranched alkanes of at least 4 members (excludes halogenated alkanes) is 4. The first-order valence-electron chi connectivity index (χ1n) is 9.23. The number of nitrogens with zero attached hydrogens (tertiary/aromatic N) is 3. The highest BCUT2D eigenvalue weighted by atomic mass is 16.6. The van der Waals surface area contributed by atoms with Crippen LogP contribution < -0.4 is 5.32 Å². The highest BCUT2D eigenvalue weighted by Gasteiger charge is 2.15. The molecular weight excluding hydrogens is 336 g/mol. The summed E-state index contributed by atoms with van der Waals surface area (Å²) < 4.78 is 11.5. The van der Waals surface area contributed by atoms with Gasteiger partial charge in [-0.25, -0.2) is 4.79 Å². The lowest BCUT2D eigenvalue weighted by atomic mass is 10.1. The molecule has 1 heterocycles. The van der Waals surface area contributed by atoms with Gasteiger partial charge in [0.15, 0.2) is 0 Å². The van der Waals surface area contributed by atoms with Crippen LogP contribution in [0.3, 0.4) is 0 Å². The van der Waals surface area contributed by atoms with Crippen molar-refractivity contribution in [1.82, 2.24) is 20.3 Å². The van der Waals surface area contributed by atoms with Crippen LogP contribution in [-0.4, -0.2) is 46.3 Å². The fraction of sp³-hybridized carbons (Fsp3) is 0.778. The molecule has 1 N–H and O–H groups in total. The predicted molar refractivity (Wildman–Crippen MR) is 97.7 cm³/mol. The summed E-state index contributed by atoms with van der Waals surface area (Å²) >= 11 is 0. The van der Waals surface area contributed by atoms with E-state index in [1.54, 1.807) is 4.68 Å². The van der Waals surface area contributed by atoms with E-state index in [4.69, 9.17) is 4.74 Å². The number of aromatic nitrogens is 3. The molecule has 0 atom stereocenters. The first kappa shape index (κ1) is 21.9. The number of amides is 1. The first-order chi connectivity index (χ1) is 12.3. The number of alkyl carbamates (subject to hydrolysis) is 1. The molecule has 0 spiro atoms. The Kier molecular flexibility index (Phi) is 9.69. The van der Waals surface area contributed by atoms with Gasteiger partial charge in [-0.05, 0) is 40.0 Å².